The standard InChI is InChI=1S/C16H25NS/c1-3-13-7-9-15(10-8-13)18-16-6-4-5-14(11-16)12-17-2/h4-6,11,13,15,17H,3,7-10,12H2,1-2H3. The molecule has 0 radical (unpaired) electrons. The molecule has 0 bridgehead atoms. The zero-order chi connectivity index (χ0) is 12.8. The maximum atomic E-state index is 3.22. The summed E-state index contributed by atoms with van der Waals surface area (Å²) in [6.07, 6.45) is 7.04. The van der Waals surface area contributed by atoms with Gasteiger partial charge in [0.1, 0.15) is 0 Å². The van der Waals surface area contributed by atoms with Gasteiger partial charge in [0.15, 0.2) is 0 Å². The van der Waals surface area contributed by atoms with Crippen molar-refractivity contribution in [3.8, 4) is 0 Å². The molecule has 1 aromatic carbocycles. The molecule has 1 nitrogen and oxygen atoms in total. The Balaban J connectivity index is 1.87. The van der Waals surface area contributed by atoms with Gasteiger partial charge in [-0.15, -0.1) is 11.8 Å². The molecule has 1 aliphatic carbocycles. The van der Waals surface area contributed by atoms with E-state index in [1.54, 1.807) is 0 Å². The van der Waals surface area contributed by atoms with E-state index in [1.165, 1.54) is 42.6 Å². The maximum Gasteiger partial charge on any atom is 0.0202 e. The van der Waals surface area contributed by atoms with Crippen LogP contribution in [0.4, 0.5) is 0 Å². The average molecular weight is 263 g/mol. The largest absolute Gasteiger partial charge is 0.316 e. The van der Waals surface area contributed by atoms with Crippen LogP contribution in [0.5, 0.6) is 0 Å². The lowest BCUT2D eigenvalue weighted by molar-refractivity contribution is 0.356. The summed E-state index contributed by atoms with van der Waals surface area (Å²) in [4.78, 5) is 1.45. The average Bonchev–Trinajstić information content (AvgIpc) is 2.40. The van der Waals surface area contributed by atoms with E-state index in [2.05, 4.69) is 48.3 Å². The van der Waals surface area contributed by atoms with Crippen LogP contribution in [0.25, 0.3) is 0 Å². The Morgan fingerprint density at radius 2 is 2.00 bits per heavy atom. The molecule has 0 unspecified atom stereocenters. The highest BCUT2D eigenvalue weighted by atomic mass is 32.2. The second kappa shape index (κ2) is 7.20. The third-order valence-corrected chi connectivity index (χ3v) is 5.28. The smallest absolute Gasteiger partial charge is 0.0202 e. The monoisotopic (exact) mass is 263 g/mol. The predicted molar refractivity (Wildman–Crippen MR) is 81.1 cm³/mol. The summed E-state index contributed by atoms with van der Waals surface area (Å²) in [5.41, 5.74) is 1.39. The Bertz CT molecular complexity index is 356. The fraction of sp³-hybridized carbons (Fsp3) is 0.625. The predicted octanol–water partition coefficient (Wildman–Crippen LogP) is 4.47. The number of rotatable bonds is 5. The van der Waals surface area contributed by atoms with Crippen LogP contribution in [-0.4, -0.2) is 12.3 Å². The molecular weight excluding hydrogens is 238 g/mol. The first-order valence-corrected chi connectivity index (χ1v) is 8.10. The van der Waals surface area contributed by atoms with Crippen molar-refractivity contribution in [2.24, 2.45) is 5.92 Å². The third-order valence-electron chi connectivity index (χ3n) is 3.95. The molecule has 0 aromatic heterocycles. The first-order chi connectivity index (χ1) is 8.81. The number of hydrogen-bond acceptors (Lipinski definition) is 2. The van der Waals surface area contributed by atoms with Crippen LogP contribution in [0.3, 0.4) is 0 Å². The summed E-state index contributed by atoms with van der Waals surface area (Å²) in [6.45, 7) is 3.30. The van der Waals surface area contributed by atoms with E-state index in [0.717, 1.165) is 17.7 Å². The lowest BCUT2D eigenvalue weighted by Gasteiger charge is -2.27. The van der Waals surface area contributed by atoms with Gasteiger partial charge in [0.25, 0.3) is 0 Å². The van der Waals surface area contributed by atoms with Crippen LogP contribution in [0.2, 0.25) is 0 Å². The lowest BCUT2D eigenvalue weighted by Crippen LogP contribution is -2.15. The number of hydrogen-bond donors (Lipinski definition) is 1. The second-order valence-corrected chi connectivity index (χ2v) is 6.72. The van der Waals surface area contributed by atoms with Gasteiger partial charge >= 0.3 is 0 Å². The van der Waals surface area contributed by atoms with E-state index in [0.29, 0.717) is 0 Å². The zero-order valence-corrected chi connectivity index (χ0v) is 12.4. The summed E-state index contributed by atoms with van der Waals surface area (Å²) in [6, 6.07) is 8.99. The van der Waals surface area contributed by atoms with E-state index in [9.17, 15) is 0 Å². The van der Waals surface area contributed by atoms with E-state index < -0.39 is 0 Å². The number of thioether (sulfide) groups is 1. The summed E-state index contributed by atoms with van der Waals surface area (Å²) in [7, 11) is 2.01. The van der Waals surface area contributed by atoms with E-state index in [4.69, 9.17) is 0 Å². The summed E-state index contributed by atoms with van der Waals surface area (Å²) < 4.78 is 0. The van der Waals surface area contributed by atoms with Crippen LogP contribution in [0.1, 0.15) is 44.6 Å². The maximum absolute atomic E-state index is 3.22. The molecule has 0 saturated heterocycles. The highest BCUT2D eigenvalue weighted by Gasteiger charge is 2.20. The minimum atomic E-state index is 0.845. The second-order valence-electron chi connectivity index (χ2n) is 5.35. The molecule has 1 aromatic rings. The van der Waals surface area contributed by atoms with E-state index in [-0.39, 0.29) is 0 Å². The van der Waals surface area contributed by atoms with Gasteiger partial charge in [-0.2, -0.15) is 0 Å². The Morgan fingerprint density at radius 3 is 2.67 bits per heavy atom. The number of benzene rings is 1. The minimum absolute atomic E-state index is 0.845. The molecule has 2 rings (SSSR count). The van der Waals surface area contributed by atoms with Crippen LogP contribution in [0.15, 0.2) is 29.2 Å². The third kappa shape index (κ3) is 4.03. The van der Waals surface area contributed by atoms with Gasteiger partial charge in [-0.05, 0) is 56.3 Å². The van der Waals surface area contributed by atoms with Crippen LogP contribution < -0.4 is 5.32 Å². The van der Waals surface area contributed by atoms with Gasteiger partial charge < -0.3 is 5.32 Å². The molecular formula is C16H25NS. The molecule has 0 atom stereocenters. The Labute approximate surface area is 116 Å². The molecule has 100 valence electrons. The van der Waals surface area contributed by atoms with Crippen LogP contribution in [-0.2, 0) is 6.54 Å². The van der Waals surface area contributed by atoms with Gasteiger partial charge in [0.2, 0.25) is 0 Å². The highest BCUT2D eigenvalue weighted by molar-refractivity contribution is 8.00. The van der Waals surface area contributed by atoms with Crippen molar-refractivity contribution in [2.75, 3.05) is 7.05 Å². The van der Waals surface area contributed by atoms with Crippen molar-refractivity contribution in [2.45, 2.75) is 55.7 Å². The fourth-order valence-electron chi connectivity index (χ4n) is 2.78. The minimum Gasteiger partial charge on any atom is -0.316 e. The van der Waals surface area contributed by atoms with Crippen molar-refractivity contribution < 1.29 is 0 Å². The summed E-state index contributed by atoms with van der Waals surface area (Å²) in [5, 5.41) is 4.06. The van der Waals surface area contributed by atoms with Crippen molar-refractivity contribution >= 4 is 11.8 Å². The van der Waals surface area contributed by atoms with Crippen molar-refractivity contribution in [1.29, 1.82) is 0 Å². The van der Waals surface area contributed by atoms with Crippen LogP contribution in [0, 0.1) is 5.92 Å². The highest BCUT2D eigenvalue weighted by Crippen LogP contribution is 2.36. The van der Waals surface area contributed by atoms with Gasteiger partial charge in [-0.25, -0.2) is 0 Å². The van der Waals surface area contributed by atoms with Gasteiger partial charge in [-0.3, -0.25) is 0 Å². The molecule has 2 heteroatoms. The summed E-state index contributed by atoms with van der Waals surface area (Å²) >= 11 is 2.09. The Hall–Kier alpha value is -0.470. The first-order valence-electron chi connectivity index (χ1n) is 7.22. The van der Waals surface area contributed by atoms with Gasteiger partial charge in [-0.1, -0.05) is 25.5 Å². The number of nitrogens with one attached hydrogen (secondary N) is 1. The molecule has 0 spiro atoms. The molecule has 1 fully saturated rings. The van der Waals surface area contributed by atoms with Gasteiger partial charge in [0.05, 0.1) is 0 Å². The Kier molecular flexibility index (Phi) is 5.58. The topological polar surface area (TPSA) is 12.0 Å². The van der Waals surface area contributed by atoms with Crippen molar-refractivity contribution in [1.82, 2.24) is 5.32 Å². The molecule has 0 aliphatic heterocycles. The van der Waals surface area contributed by atoms with E-state index >= 15 is 0 Å². The molecule has 18 heavy (non-hydrogen) atoms. The van der Waals surface area contributed by atoms with Crippen LogP contribution >= 0.6 is 11.8 Å². The SMILES string of the molecule is CCC1CCC(Sc2cccc(CNC)c2)CC1. The lowest BCUT2D eigenvalue weighted by atomic mass is 9.87. The summed E-state index contributed by atoms with van der Waals surface area (Å²) in [5.74, 6) is 0.998. The molecule has 1 N–H and O–H groups in total. The molecule has 0 amide bonds. The van der Waals surface area contributed by atoms with Crippen molar-refractivity contribution in [3.63, 3.8) is 0 Å². The molecule has 1 aliphatic rings. The quantitative estimate of drug-likeness (QED) is 0.841. The zero-order valence-electron chi connectivity index (χ0n) is 11.6. The van der Waals surface area contributed by atoms with E-state index in [1.807, 2.05) is 7.05 Å². The van der Waals surface area contributed by atoms with Crippen molar-refractivity contribution in [3.05, 3.63) is 29.8 Å². The Morgan fingerprint density at radius 1 is 1.22 bits per heavy atom. The molecule has 0 heterocycles. The fourth-order valence-corrected chi connectivity index (χ4v) is 4.05. The normalized spacial score (nSPS) is 24.1. The molecule has 1 saturated carbocycles. The first kappa shape index (κ1) is 14.0. The van der Waals surface area contributed by atoms with Gasteiger partial charge in [0, 0.05) is 16.7 Å².